The number of carbonyl (C=O) groups is 2. The molecule has 0 saturated heterocycles. The molecule has 2 amide bonds. The van der Waals surface area contributed by atoms with E-state index in [4.69, 9.17) is 0 Å². The van der Waals surface area contributed by atoms with Gasteiger partial charge in [0.25, 0.3) is 0 Å². The van der Waals surface area contributed by atoms with Crippen LogP contribution in [0.3, 0.4) is 0 Å². The third-order valence-corrected chi connectivity index (χ3v) is 2.62. The van der Waals surface area contributed by atoms with E-state index in [-0.39, 0.29) is 17.9 Å². The van der Waals surface area contributed by atoms with Crippen LogP contribution in [0.2, 0.25) is 0 Å². The van der Waals surface area contributed by atoms with E-state index in [0.29, 0.717) is 10.8 Å². The fraction of sp³-hybridized carbons (Fsp3) is 0.882. The van der Waals surface area contributed by atoms with Crippen LogP contribution in [0, 0.1) is 10.8 Å². The van der Waals surface area contributed by atoms with E-state index in [1.807, 2.05) is 6.92 Å². The minimum absolute atomic E-state index is 0.0572. The Labute approximate surface area is 131 Å². The summed E-state index contributed by atoms with van der Waals surface area (Å²) in [6.45, 7) is 18.9. The van der Waals surface area contributed by atoms with Gasteiger partial charge in [-0.15, -0.1) is 0 Å². The van der Waals surface area contributed by atoms with Crippen molar-refractivity contribution in [2.24, 2.45) is 10.8 Å². The fourth-order valence-corrected chi connectivity index (χ4v) is 1.93. The largest absolute Gasteiger partial charge is 0.356 e. The van der Waals surface area contributed by atoms with Crippen molar-refractivity contribution in [1.29, 1.82) is 0 Å². The number of amides is 2. The third-order valence-electron chi connectivity index (χ3n) is 2.62. The zero-order chi connectivity index (χ0) is 17.3. The molecule has 4 heteroatoms. The van der Waals surface area contributed by atoms with Crippen LogP contribution >= 0.6 is 0 Å². The topological polar surface area (TPSA) is 58.2 Å². The highest BCUT2D eigenvalue weighted by atomic mass is 16.2. The molecule has 0 aromatic rings. The van der Waals surface area contributed by atoms with Crippen LogP contribution in [-0.2, 0) is 9.59 Å². The first-order valence-corrected chi connectivity index (χ1v) is 7.74. The Morgan fingerprint density at radius 1 is 0.905 bits per heavy atom. The summed E-state index contributed by atoms with van der Waals surface area (Å²) in [5.41, 5.74) is 0.615. The van der Waals surface area contributed by atoms with Gasteiger partial charge in [0.1, 0.15) is 0 Å². The monoisotopic (exact) mass is 300 g/mol. The van der Waals surface area contributed by atoms with Crippen molar-refractivity contribution in [1.82, 2.24) is 10.6 Å². The Balaban J connectivity index is 0. The van der Waals surface area contributed by atoms with Gasteiger partial charge in [0.2, 0.25) is 11.8 Å². The van der Waals surface area contributed by atoms with Gasteiger partial charge in [0, 0.05) is 26.4 Å². The van der Waals surface area contributed by atoms with Crippen LogP contribution < -0.4 is 10.6 Å². The van der Waals surface area contributed by atoms with Gasteiger partial charge in [-0.3, -0.25) is 9.59 Å². The summed E-state index contributed by atoms with van der Waals surface area (Å²) in [6.07, 6.45) is 2.05. The Morgan fingerprint density at radius 3 is 1.67 bits per heavy atom. The van der Waals surface area contributed by atoms with E-state index in [9.17, 15) is 9.59 Å². The highest BCUT2D eigenvalue weighted by Gasteiger charge is 2.15. The summed E-state index contributed by atoms with van der Waals surface area (Å²) in [4.78, 5) is 21.0. The van der Waals surface area contributed by atoms with Gasteiger partial charge in [0.05, 0.1) is 0 Å². The van der Waals surface area contributed by atoms with Crippen molar-refractivity contribution in [3.63, 3.8) is 0 Å². The van der Waals surface area contributed by atoms with Gasteiger partial charge in [-0.05, 0) is 30.6 Å². The zero-order valence-electron chi connectivity index (χ0n) is 15.5. The van der Waals surface area contributed by atoms with Crippen molar-refractivity contribution in [3.05, 3.63) is 0 Å². The van der Waals surface area contributed by atoms with Crippen molar-refractivity contribution in [2.75, 3.05) is 6.54 Å². The summed E-state index contributed by atoms with van der Waals surface area (Å²) in [7, 11) is 0. The Kier molecular flexibility index (Phi) is 10.4. The molecule has 126 valence electrons. The van der Waals surface area contributed by atoms with Crippen molar-refractivity contribution in [2.45, 2.75) is 81.2 Å². The van der Waals surface area contributed by atoms with Gasteiger partial charge in [-0.1, -0.05) is 41.5 Å². The van der Waals surface area contributed by atoms with Gasteiger partial charge >= 0.3 is 0 Å². The Hall–Kier alpha value is -1.06. The lowest BCUT2D eigenvalue weighted by atomic mass is 9.89. The molecule has 0 saturated carbocycles. The second-order valence-corrected chi connectivity index (χ2v) is 8.16. The Bertz CT molecular complexity index is 312. The summed E-state index contributed by atoms with van der Waals surface area (Å²) in [5, 5.41) is 5.62. The van der Waals surface area contributed by atoms with Crippen LogP contribution in [0.4, 0.5) is 0 Å². The molecule has 0 spiro atoms. The van der Waals surface area contributed by atoms with E-state index in [1.54, 1.807) is 13.8 Å². The smallest absolute Gasteiger partial charge is 0.217 e. The number of rotatable bonds is 4. The zero-order valence-corrected chi connectivity index (χ0v) is 15.5. The Morgan fingerprint density at radius 2 is 1.38 bits per heavy atom. The molecule has 0 aromatic carbocycles. The molecule has 2 N–H and O–H groups in total. The summed E-state index contributed by atoms with van der Waals surface area (Å²) in [5.74, 6) is 0.117. The van der Waals surface area contributed by atoms with Crippen molar-refractivity contribution < 1.29 is 9.59 Å². The molecule has 1 atom stereocenters. The first kappa shape index (κ1) is 22.2. The van der Waals surface area contributed by atoms with Crippen LogP contribution in [-0.4, -0.2) is 24.4 Å². The van der Waals surface area contributed by atoms with E-state index >= 15 is 0 Å². The number of carbonyl (C=O) groups excluding carboxylic acids is 2. The predicted octanol–water partition coefficient (Wildman–Crippen LogP) is 3.51. The first-order valence-electron chi connectivity index (χ1n) is 7.74. The molecule has 0 aliphatic heterocycles. The minimum atomic E-state index is 0.0572. The lowest BCUT2D eigenvalue weighted by Gasteiger charge is -2.23. The first-order chi connectivity index (χ1) is 9.23. The molecule has 0 unspecified atom stereocenters. The quantitative estimate of drug-likeness (QED) is 0.834. The van der Waals surface area contributed by atoms with Gasteiger partial charge in [-0.25, -0.2) is 0 Å². The van der Waals surface area contributed by atoms with Gasteiger partial charge in [0.15, 0.2) is 0 Å². The summed E-state index contributed by atoms with van der Waals surface area (Å²) in [6, 6.07) is 0.285. The van der Waals surface area contributed by atoms with Crippen LogP contribution in [0.1, 0.15) is 75.2 Å². The lowest BCUT2D eigenvalue weighted by Crippen LogP contribution is -2.33. The van der Waals surface area contributed by atoms with Gasteiger partial charge < -0.3 is 10.6 Å². The number of hydrogen-bond donors (Lipinski definition) is 2. The molecule has 0 aromatic heterocycles. The molecule has 0 heterocycles. The molecule has 0 aliphatic rings. The van der Waals surface area contributed by atoms with Crippen molar-refractivity contribution >= 4 is 11.8 Å². The second kappa shape index (κ2) is 9.80. The van der Waals surface area contributed by atoms with Crippen LogP contribution in [0.25, 0.3) is 0 Å². The molecule has 0 radical (unpaired) electrons. The maximum atomic E-state index is 10.6. The van der Waals surface area contributed by atoms with E-state index in [2.05, 4.69) is 52.2 Å². The third kappa shape index (κ3) is 24.4. The summed E-state index contributed by atoms with van der Waals surface area (Å²) < 4.78 is 0. The minimum Gasteiger partial charge on any atom is -0.356 e. The summed E-state index contributed by atoms with van der Waals surface area (Å²) >= 11 is 0. The highest BCUT2D eigenvalue weighted by molar-refractivity contribution is 5.73. The fourth-order valence-electron chi connectivity index (χ4n) is 1.93. The molecule has 0 bridgehead atoms. The SMILES string of the molecule is CC(=O)NCCC(C)(C)C.CC(=O)N[C@@H](C)CC(C)(C)C. The molecular formula is C17H36N2O2. The average molecular weight is 300 g/mol. The van der Waals surface area contributed by atoms with E-state index in [0.717, 1.165) is 19.4 Å². The molecule has 0 aliphatic carbocycles. The van der Waals surface area contributed by atoms with E-state index in [1.165, 1.54) is 0 Å². The van der Waals surface area contributed by atoms with Crippen LogP contribution in [0.5, 0.6) is 0 Å². The highest BCUT2D eigenvalue weighted by Crippen LogP contribution is 2.20. The average Bonchev–Trinajstić information content (AvgIpc) is 2.09. The standard InChI is InChI=1S/C9H19NO.C8H17NO/c1-7(10-8(2)11)6-9(3,4)5;1-7(10)9-6-5-8(2,3)4/h7H,6H2,1-5H3,(H,10,11);5-6H2,1-4H3,(H,9,10)/t7-;/m0./s1. The predicted molar refractivity (Wildman–Crippen MR) is 90.1 cm³/mol. The number of nitrogens with one attached hydrogen (secondary N) is 2. The van der Waals surface area contributed by atoms with E-state index < -0.39 is 0 Å². The molecular weight excluding hydrogens is 264 g/mol. The maximum Gasteiger partial charge on any atom is 0.217 e. The lowest BCUT2D eigenvalue weighted by molar-refractivity contribution is -0.120. The molecule has 21 heavy (non-hydrogen) atoms. The van der Waals surface area contributed by atoms with Crippen molar-refractivity contribution in [3.8, 4) is 0 Å². The van der Waals surface area contributed by atoms with Crippen LogP contribution in [0.15, 0.2) is 0 Å². The molecule has 4 nitrogen and oxygen atoms in total. The second-order valence-electron chi connectivity index (χ2n) is 8.16. The molecule has 0 fully saturated rings. The maximum absolute atomic E-state index is 10.6. The van der Waals surface area contributed by atoms with Gasteiger partial charge in [-0.2, -0.15) is 0 Å². The molecule has 0 rings (SSSR count). The normalized spacial score (nSPS) is 12.8. The number of hydrogen-bond acceptors (Lipinski definition) is 2.